The van der Waals surface area contributed by atoms with Gasteiger partial charge in [-0.2, -0.15) is 0 Å². The first-order chi connectivity index (χ1) is 11.5. The van der Waals surface area contributed by atoms with Crippen LogP contribution in [0.25, 0.3) is 10.8 Å². The number of hydrogen-bond donors (Lipinski definition) is 1. The fourth-order valence-corrected chi connectivity index (χ4v) is 5.03. The predicted octanol–water partition coefficient (Wildman–Crippen LogP) is 2.29. The van der Waals surface area contributed by atoms with E-state index in [0.29, 0.717) is 13.0 Å². The van der Waals surface area contributed by atoms with Crippen LogP contribution in [0.2, 0.25) is 0 Å². The first-order valence-corrected chi connectivity index (χ1v) is 10.0. The van der Waals surface area contributed by atoms with E-state index in [1.165, 1.54) is 0 Å². The van der Waals surface area contributed by atoms with Gasteiger partial charge in [-0.15, -0.1) is 0 Å². The molecule has 1 heterocycles. The number of carbonyl (C=O) groups is 1. The van der Waals surface area contributed by atoms with Gasteiger partial charge in [0.2, 0.25) is 5.91 Å². The Kier molecular flexibility index (Phi) is 4.87. The van der Waals surface area contributed by atoms with E-state index >= 15 is 0 Å². The number of carbonyl (C=O) groups excluding carboxylic acids is 1. The molecule has 1 aliphatic heterocycles. The molecule has 5 nitrogen and oxygen atoms in total. The topological polar surface area (TPSA) is 66.5 Å². The summed E-state index contributed by atoms with van der Waals surface area (Å²) in [7, 11) is -2.95. The predicted molar refractivity (Wildman–Crippen MR) is 96.9 cm³/mol. The molecule has 3 rings (SSSR count). The third-order valence-corrected chi connectivity index (χ3v) is 6.29. The second kappa shape index (κ2) is 6.91. The number of sulfone groups is 1. The molecule has 2 aromatic carbocycles. The lowest BCUT2D eigenvalue weighted by Crippen LogP contribution is -2.41. The molecule has 1 aliphatic rings. The zero-order valence-corrected chi connectivity index (χ0v) is 14.6. The summed E-state index contributed by atoms with van der Waals surface area (Å²) in [4.78, 5) is 14.4. The van der Waals surface area contributed by atoms with Crippen LogP contribution in [-0.2, 0) is 14.6 Å². The smallest absolute Gasteiger partial charge is 0.238 e. The minimum atomic E-state index is -2.95. The molecular weight excluding hydrogens is 324 g/mol. The van der Waals surface area contributed by atoms with Crippen LogP contribution >= 0.6 is 0 Å². The molecule has 0 aromatic heterocycles. The quantitative estimate of drug-likeness (QED) is 0.902. The van der Waals surface area contributed by atoms with E-state index in [1.807, 2.05) is 54.3 Å². The molecule has 0 radical (unpaired) electrons. The molecular formula is C18H22N2O3S. The zero-order chi connectivity index (χ0) is 17.2. The van der Waals surface area contributed by atoms with E-state index in [4.69, 9.17) is 0 Å². The molecule has 0 unspecified atom stereocenters. The normalized spacial score (nSPS) is 19.7. The molecule has 128 valence electrons. The van der Waals surface area contributed by atoms with Crippen molar-refractivity contribution in [3.05, 3.63) is 42.5 Å². The van der Waals surface area contributed by atoms with Crippen LogP contribution < -0.4 is 5.32 Å². The summed E-state index contributed by atoms with van der Waals surface area (Å²) in [6.07, 6.45) is 0.609. The Morgan fingerprint density at radius 1 is 1.21 bits per heavy atom. The summed E-state index contributed by atoms with van der Waals surface area (Å²) >= 11 is 0. The lowest BCUT2D eigenvalue weighted by atomic mass is 10.1. The van der Waals surface area contributed by atoms with E-state index in [2.05, 4.69) is 5.32 Å². The highest BCUT2D eigenvalue weighted by Gasteiger charge is 2.32. The van der Waals surface area contributed by atoms with Gasteiger partial charge in [0.1, 0.15) is 0 Å². The lowest BCUT2D eigenvalue weighted by Gasteiger charge is -2.25. The first-order valence-electron chi connectivity index (χ1n) is 8.20. The number of nitrogens with one attached hydrogen (secondary N) is 1. The van der Waals surface area contributed by atoms with Gasteiger partial charge >= 0.3 is 0 Å². The Labute approximate surface area is 142 Å². The Balaban J connectivity index is 1.70. The average Bonchev–Trinajstić information content (AvgIpc) is 2.93. The van der Waals surface area contributed by atoms with Crippen LogP contribution in [0.3, 0.4) is 0 Å². The summed E-state index contributed by atoms with van der Waals surface area (Å²) in [6.45, 7) is 2.82. The van der Waals surface area contributed by atoms with E-state index in [-0.39, 0.29) is 30.0 Å². The van der Waals surface area contributed by atoms with Crippen molar-refractivity contribution in [2.75, 3.05) is 29.9 Å². The van der Waals surface area contributed by atoms with Crippen molar-refractivity contribution in [2.45, 2.75) is 19.4 Å². The van der Waals surface area contributed by atoms with Crippen molar-refractivity contribution in [3.8, 4) is 0 Å². The molecule has 1 amide bonds. The van der Waals surface area contributed by atoms with Crippen LogP contribution in [0.5, 0.6) is 0 Å². The molecule has 1 fully saturated rings. The van der Waals surface area contributed by atoms with E-state index in [0.717, 1.165) is 16.5 Å². The van der Waals surface area contributed by atoms with Gasteiger partial charge in [0.05, 0.1) is 18.1 Å². The summed E-state index contributed by atoms with van der Waals surface area (Å²) in [5.74, 6) is 0.263. The monoisotopic (exact) mass is 346 g/mol. The fourth-order valence-electron chi connectivity index (χ4n) is 3.27. The second-order valence-electron chi connectivity index (χ2n) is 6.19. The van der Waals surface area contributed by atoms with Gasteiger partial charge < -0.3 is 5.32 Å². The van der Waals surface area contributed by atoms with Crippen molar-refractivity contribution in [3.63, 3.8) is 0 Å². The Bertz CT molecular complexity index is 843. The highest BCUT2D eigenvalue weighted by molar-refractivity contribution is 7.91. The molecule has 2 aromatic rings. The first kappa shape index (κ1) is 16.9. The third kappa shape index (κ3) is 3.76. The largest absolute Gasteiger partial charge is 0.324 e. The van der Waals surface area contributed by atoms with E-state index < -0.39 is 9.84 Å². The molecule has 0 saturated carbocycles. The van der Waals surface area contributed by atoms with Crippen molar-refractivity contribution >= 4 is 32.2 Å². The highest BCUT2D eigenvalue weighted by Crippen LogP contribution is 2.23. The fraction of sp³-hybridized carbons (Fsp3) is 0.389. The van der Waals surface area contributed by atoms with Crippen LogP contribution in [0, 0.1) is 0 Å². The van der Waals surface area contributed by atoms with Crippen LogP contribution in [0.1, 0.15) is 13.3 Å². The standard InChI is InChI=1S/C18H22N2O3S/c1-2-20(15-10-11-24(22,23)13-15)12-18(21)19-17-9-5-7-14-6-3-4-8-16(14)17/h3-9,15H,2,10-13H2,1H3,(H,19,21)/t15-/m0/s1. The number of nitrogens with zero attached hydrogens (tertiary/aromatic N) is 1. The lowest BCUT2D eigenvalue weighted by molar-refractivity contribution is -0.117. The van der Waals surface area contributed by atoms with Gasteiger partial charge in [0.25, 0.3) is 0 Å². The van der Waals surface area contributed by atoms with Gasteiger partial charge in [-0.1, -0.05) is 43.3 Å². The van der Waals surface area contributed by atoms with Gasteiger partial charge in [0, 0.05) is 17.1 Å². The number of hydrogen-bond acceptors (Lipinski definition) is 4. The molecule has 0 aliphatic carbocycles. The summed E-state index contributed by atoms with van der Waals surface area (Å²) in [6, 6.07) is 13.6. The number of anilines is 1. The minimum Gasteiger partial charge on any atom is -0.324 e. The number of rotatable bonds is 5. The Hall–Kier alpha value is -1.92. The molecule has 24 heavy (non-hydrogen) atoms. The minimum absolute atomic E-state index is 0.0572. The maximum absolute atomic E-state index is 12.4. The molecule has 6 heteroatoms. The Morgan fingerprint density at radius 2 is 1.96 bits per heavy atom. The van der Waals surface area contributed by atoms with Crippen molar-refractivity contribution in [1.82, 2.24) is 4.90 Å². The molecule has 0 spiro atoms. The van der Waals surface area contributed by atoms with E-state index in [1.54, 1.807) is 0 Å². The van der Waals surface area contributed by atoms with Gasteiger partial charge in [-0.05, 0) is 24.4 Å². The molecule has 1 atom stereocenters. The Morgan fingerprint density at radius 3 is 2.67 bits per heavy atom. The van der Waals surface area contributed by atoms with Gasteiger partial charge in [0.15, 0.2) is 9.84 Å². The average molecular weight is 346 g/mol. The zero-order valence-electron chi connectivity index (χ0n) is 13.7. The van der Waals surface area contributed by atoms with Crippen LogP contribution in [0.4, 0.5) is 5.69 Å². The third-order valence-electron chi connectivity index (χ3n) is 4.54. The number of fused-ring (bicyclic) bond motifs is 1. The second-order valence-corrected chi connectivity index (χ2v) is 8.42. The summed E-state index contributed by atoms with van der Waals surface area (Å²) in [5, 5.41) is 5.04. The number of benzene rings is 2. The SMILES string of the molecule is CCN(CC(=O)Nc1cccc2ccccc12)[C@H]1CCS(=O)(=O)C1. The van der Waals surface area contributed by atoms with Crippen LogP contribution in [0.15, 0.2) is 42.5 Å². The van der Waals surface area contributed by atoms with Crippen molar-refractivity contribution in [2.24, 2.45) is 0 Å². The summed E-state index contributed by atoms with van der Waals surface area (Å²) in [5.41, 5.74) is 0.785. The molecule has 0 bridgehead atoms. The van der Waals surface area contributed by atoms with Crippen LogP contribution in [-0.4, -0.2) is 49.9 Å². The number of amides is 1. The van der Waals surface area contributed by atoms with Crippen molar-refractivity contribution in [1.29, 1.82) is 0 Å². The van der Waals surface area contributed by atoms with E-state index in [9.17, 15) is 13.2 Å². The van der Waals surface area contributed by atoms with Crippen molar-refractivity contribution < 1.29 is 13.2 Å². The maximum atomic E-state index is 12.4. The highest BCUT2D eigenvalue weighted by atomic mass is 32.2. The number of likely N-dealkylation sites (N-methyl/N-ethyl adjacent to an activating group) is 1. The molecule has 1 saturated heterocycles. The summed E-state index contributed by atoms with van der Waals surface area (Å²) < 4.78 is 23.3. The maximum Gasteiger partial charge on any atom is 0.238 e. The van der Waals surface area contributed by atoms with Gasteiger partial charge in [-0.25, -0.2) is 8.42 Å². The molecule has 1 N–H and O–H groups in total. The van der Waals surface area contributed by atoms with Gasteiger partial charge in [-0.3, -0.25) is 9.69 Å².